The molecule has 0 atom stereocenters. The fraction of sp³-hybridized carbons (Fsp3) is 0.333. The minimum absolute atomic E-state index is 0.761. The summed E-state index contributed by atoms with van der Waals surface area (Å²) in [5.74, 6) is 2.82. The first-order valence-electron chi connectivity index (χ1n) is 8.96. The van der Waals surface area contributed by atoms with Gasteiger partial charge in [-0.2, -0.15) is 0 Å². The summed E-state index contributed by atoms with van der Waals surface area (Å²) < 4.78 is 7.42. The Morgan fingerprint density at radius 2 is 1.78 bits per heavy atom. The molecule has 0 fully saturated rings. The summed E-state index contributed by atoms with van der Waals surface area (Å²) in [7, 11) is 3.75. The molecule has 27 heavy (non-hydrogen) atoms. The van der Waals surface area contributed by atoms with Crippen LogP contribution in [0.2, 0.25) is 5.02 Å². The number of aryl methyl sites for hydroxylation is 3. The summed E-state index contributed by atoms with van der Waals surface area (Å²) in [6.07, 6.45) is 2.97. The largest absolute Gasteiger partial charge is 0.496 e. The summed E-state index contributed by atoms with van der Waals surface area (Å²) in [5.41, 5.74) is 3.73. The third kappa shape index (κ3) is 5.27. The van der Waals surface area contributed by atoms with Crippen molar-refractivity contribution in [2.45, 2.75) is 37.1 Å². The van der Waals surface area contributed by atoms with Gasteiger partial charge in [0.15, 0.2) is 5.16 Å². The van der Waals surface area contributed by atoms with Gasteiger partial charge in [-0.25, -0.2) is 0 Å². The number of benzene rings is 2. The number of rotatable bonds is 8. The monoisotopic (exact) mass is 401 g/mol. The van der Waals surface area contributed by atoms with Crippen molar-refractivity contribution in [3.8, 4) is 5.75 Å². The molecule has 0 bridgehead atoms. The molecule has 4 nitrogen and oxygen atoms in total. The van der Waals surface area contributed by atoms with Crippen LogP contribution < -0.4 is 4.74 Å². The first kappa shape index (κ1) is 19.8. The van der Waals surface area contributed by atoms with E-state index in [1.165, 1.54) is 16.7 Å². The van der Waals surface area contributed by atoms with Crippen LogP contribution in [0.1, 0.15) is 28.9 Å². The van der Waals surface area contributed by atoms with Crippen LogP contribution in [0.4, 0.5) is 0 Å². The molecule has 0 amide bonds. The van der Waals surface area contributed by atoms with Gasteiger partial charge in [0.05, 0.1) is 7.11 Å². The Kier molecular flexibility index (Phi) is 6.80. The molecular formula is C21H24ClN3OS. The van der Waals surface area contributed by atoms with Gasteiger partial charge in [-0.15, -0.1) is 10.2 Å². The van der Waals surface area contributed by atoms with Gasteiger partial charge in [0.25, 0.3) is 0 Å². The van der Waals surface area contributed by atoms with E-state index in [9.17, 15) is 0 Å². The van der Waals surface area contributed by atoms with E-state index in [2.05, 4.69) is 33.8 Å². The van der Waals surface area contributed by atoms with Gasteiger partial charge in [0.2, 0.25) is 0 Å². The van der Waals surface area contributed by atoms with Crippen molar-refractivity contribution >= 4 is 23.4 Å². The Balaban J connectivity index is 1.52. The highest BCUT2D eigenvalue weighted by atomic mass is 35.5. The van der Waals surface area contributed by atoms with E-state index in [0.29, 0.717) is 0 Å². The van der Waals surface area contributed by atoms with E-state index in [1.807, 2.05) is 37.4 Å². The van der Waals surface area contributed by atoms with Crippen molar-refractivity contribution in [3.63, 3.8) is 0 Å². The minimum atomic E-state index is 0.761. The number of halogens is 1. The fourth-order valence-corrected chi connectivity index (χ4v) is 3.98. The standard InChI is InChI=1S/C21H24ClN3OS/c1-15-13-16(9-12-19(15)26-3)5-4-6-20-23-24-21(25(20)2)27-14-17-7-10-18(22)11-8-17/h7-13H,4-6,14H2,1-3H3. The van der Waals surface area contributed by atoms with Crippen molar-refractivity contribution in [2.24, 2.45) is 7.05 Å². The number of aromatic nitrogens is 3. The molecule has 0 aliphatic rings. The van der Waals surface area contributed by atoms with Crippen LogP contribution in [0.25, 0.3) is 0 Å². The van der Waals surface area contributed by atoms with Crippen molar-refractivity contribution in [1.82, 2.24) is 14.8 Å². The van der Waals surface area contributed by atoms with E-state index in [4.69, 9.17) is 16.3 Å². The van der Waals surface area contributed by atoms with Crippen molar-refractivity contribution in [1.29, 1.82) is 0 Å². The molecule has 1 aromatic heterocycles. The summed E-state index contributed by atoms with van der Waals surface area (Å²) in [6, 6.07) is 14.3. The second-order valence-electron chi connectivity index (χ2n) is 6.53. The number of methoxy groups -OCH3 is 1. The maximum absolute atomic E-state index is 5.93. The molecule has 3 rings (SSSR count). The van der Waals surface area contributed by atoms with Crippen LogP contribution in [0, 0.1) is 6.92 Å². The fourth-order valence-electron chi connectivity index (χ4n) is 2.96. The summed E-state index contributed by atoms with van der Waals surface area (Å²) in [6.45, 7) is 2.08. The molecule has 6 heteroatoms. The lowest BCUT2D eigenvalue weighted by molar-refractivity contribution is 0.411. The first-order valence-corrected chi connectivity index (χ1v) is 10.3. The lowest BCUT2D eigenvalue weighted by Crippen LogP contribution is -2.01. The Bertz CT molecular complexity index is 893. The van der Waals surface area contributed by atoms with Gasteiger partial charge in [-0.3, -0.25) is 0 Å². The van der Waals surface area contributed by atoms with Crippen molar-refractivity contribution < 1.29 is 4.74 Å². The van der Waals surface area contributed by atoms with E-state index in [-0.39, 0.29) is 0 Å². The first-order chi connectivity index (χ1) is 13.1. The Morgan fingerprint density at radius 3 is 2.48 bits per heavy atom. The zero-order valence-electron chi connectivity index (χ0n) is 15.9. The van der Waals surface area contributed by atoms with Crippen LogP contribution in [0.5, 0.6) is 5.75 Å². The average molecular weight is 402 g/mol. The zero-order chi connectivity index (χ0) is 19.2. The Labute approximate surface area is 169 Å². The van der Waals surface area contributed by atoms with Gasteiger partial charge < -0.3 is 9.30 Å². The van der Waals surface area contributed by atoms with Crippen LogP contribution in [0.3, 0.4) is 0 Å². The molecule has 0 aliphatic heterocycles. The predicted molar refractivity (Wildman–Crippen MR) is 112 cm³/mol. The Hall–Kier alpha value is -1.98. The molecule has 3 aromatic rings. The topological polar surface area (TPSA) is 39.9 Å². The molecule has 0 saturated carbocycles. The van der Waals surface area contributed by atoms with E-state index in [1.54, 1.807) is 18.9 Å². The van der Waals surface area contributed by atoms with Gasteiger partial charge in [-0.1, -0.05) is 47.6 Å². The van der Waals surface area contributed by atoms with E-state index < -0.39 is 0 Å². The minimum Gasteiger partial charge on any atom is -0.496 e. The molecule has 0 saturated heterocycles. The summed E-state index contributed by atoms with van der Waals surface area (Å²) in [5, 5.41) is 10.4. The van der Waals surface area contributed by atoms with Gasteiger partial charge in [-0.05, 0) is 54.7 Å². The number of hydrogen-bond donors (Lipinski definition) is 0. The molecule has 0 N–H and O–H groups in total. The molecule has 2 aromatic carbocycles. The summed E-state index contributed by atoms with van der Waals surface area (Å²) in [4.78, 5) is 0. The third-order valence-electron chi connectivity index (χ3n) is 4.53. The van der Waals surface area contributed by atoms with Crippen LogP contribution >= 0.6 is 23.4 Å². The number of ether oxygens (including phenoxy) is 1. The quantitative estimate of drug-likeness (QED) is 0.483. The normalized spacial score (nSPS) is 11.0. The molecule has 0 unspecified atom stereocenters. The molecule has 1 heterocycles. The molecule has 0 spiro atoms. The molecule has 0 radical (unpaired) electrons. The van der Waals surface area contributed by atoms with Crippen LogP contribution in [-0.2, 0) is 25.6 Å². The summed E-state index contributed by atoms with van der Waals surface area (Å²) >= 11 is 7.63. The maximum atomic E-state index is 5.93. The maximum Gasteiger partial charge on any atom is 0.191 e. The number of thioether (sulfide) groups is 1. The average Bonchev–Trinajstić information content (AvgIpc) is 3.01. The van der Waals surface area contributed by atoms with Crippen LogP contribution in [-0.4, -0.2) is 21.9 Å². The third-order valence-corrected chi connectivity index (χ3v) is 5.87. The molecular weight excluding hydrogens is 378 g/mol. The van der Waals surface area contributed by atoms with Gasteiger partial charge in [0, 0.05) is 24.2 Å². The van der Waals surface area contributed by atoms with Gasteiger partial charge in [0.1, 0.15) is 11.6 Å². The second-order valence-corrected chi connectivity index (χ2v) is 7.91. The van der Waals surface area contributed by atoms with Gasteiger partial charge >= 0.3 is 0 Å². The van der Waals surface area contributed by atoms with Crippen molar-refractivity contribution in [3.05, 3.63) is 70.0 Å². The highest BCUT2D eigenvalue weighted by Gasteiger charge is 2.10. The smallest absolute Gasteiger partial charge is 0.191 e. The molecule has 142 valence electrons. The zero-order valence-corrected chi connectivity index (χ0v) is 17.5. The Morgan fingerprint density at radius 1 is 1.04 bits per heavy atom. The predicted octanol–water partition coefficient (Wildman–Crippen LogP) is 5.25. The molecule has 0 aliphatic carbocycles. The van der Waals surface area contributed by atoms with E-state index in [0.717, 1.165) is 46.8 Å². The SMILES string of the molecule is COc1ccc(CCCc2nnc(SCc3ccc(Cl)cc3)n2C)cc1C. The van der Waals surface area contributed by atoms with E-state index >= 15 is 0 Å². The van der Waals surface area contributed by atoms with Crippen LogP contribution in [0.15, 0.2) is 47.6 Å². The number of nitrogens with zero attached hydrogens (tertiary/aromatic N) is 3. The highest BCUT2D eigenvalue weighted by Crippen LogP contribution is 2.23. The number of hydrogen-bond acceptors (Lipinski definition) is 4. The lowest BCUT2D eigenvalue weighted by atomic mass is 10.0. The van der Waals surface area contributed by atoms with Crippen molar-refractivity contribution in [2.75, 3.05) is 7.11 Å². The second kappa shape index (κ2) is 9.29. The lowest BCUT2D eigenvalue weighted by Gasteiger charge is -2.07. The highest BCUT2D eigenvalue weighted by molar-refractivity contribution is 7.98.